The van der Waals surface area contributed by atoms with Crippen LogP contribution in [0, 0.1) is 0 Å². The largest absolute Gasteiger partial charge is 0.467 e. The molecule has 0 bridgehead atoms. The second-order valence-corrected chi connectivity index (χ2v) is 5.13. The molecule has 1 aromatic carbocycles. The van der Waals surface area contributed by atoms with Crippen molar-refractivity contribution in [3.63, 3.8) is 0 Å². The van der Waals surface area contributed by atoms with Gasteiger partial charge >= 0.3 is 5.97 Å². The molecule has 0 N–H and O–H groups in total. The third-order valence-electron chi connectivity index (χ3n) is 3.89. The molecule has 1 aromatic rings. The van der Waals surface area contributed by atoms with Gasteiger partial charge in [0.1, 0.15) is 6.10 Å². The van der Waals surface area contributed by atoms with Crippen molar-refractivity contribution in [2.75, 3.05) is 7.11 Å². The van der Waals surface area contributed by atoms with Crippen molar-refractivity contribution in [2.24, 2.45) is 0 Å². The lowest BCUT2D eigenvalue weighted by Crippen LogP contribution is -2.30. The molecule has 1 saturated carbocycles. The van der Waals surface area contributed by atoms with Crippen LogP contribution in [0.1, 0.15) is 37.4 Å². The van der Waals surface area contributed by atoms with Gasteiger partial charge in [-0.15, -0.1) is 0 Å². The summed E-state index contributed by atoms with van der Waals surface area (Å²) in [6.45, 7) is 0. The Morgan fingerprint density at radius 3 is 2.53 bits per heavy atom. The fraction of sp³-hybridized carbons (Fsp3) is 0.533. The maximum Gasteiger partial charge on any atom is 0.338 e. The molecule has 2 aliphatic rings. The van der Waals surface area contributed by atoms with Gasteiger partial charge < -0.3 is 14.2 Å². The van der Waals surface area contributed by atoms with Gasteiger partial charge in [-0.2, -0.15) is 0 Å². The number of hydrogen-bond donors (Lipinski definition) is 0. The van der Waals surface area contributed by atoms with E-state index in [1.165, 1.54) is 7.11 Å². The summed E-state index contributed by atoms with van der Waals surface area (Å²) in [4.78, 5) is 11.9. The molecule has 0 amide bonds. The standard InChI is InChI=1S/C15H18O4/c1-17-14(16)13-12(11-7-3-2-4-8-11)18-15(19-13)9-5-6-10-15/h2-4,7-8,12-13H,5-6,9-10H2,1H3/t12-,13-/m0/s1. The number of methoxy groups -OCH3 is 1. The van der Waals surface area contributed by atoms with Crippen molar-refractivity contribution in [2.45, 2.75) is 43.7 Å². The minimum absolute atomic E-state index is 0.363. The van der Waals surface area contributed by atoms with Crippen molar-refractivity contribution < 1.29 is 19.0 Å². The first-order valence-corrected chi connectivity index (χ1v) is 6.72. The van der Waals surface area contributed by atoms with Crippen LogP contribution in [0.2, 0.25) is 0 Å². The van der Waals surface area contributed by atoms with Crippen molar-refractivity contribution in [1.82, 2.24) is 0 Å². The number of hydrogen-bond acceptors (Lipinski definition) is 4. The van der Waals surface area contributed by atoms with Crippen LogP contribution in [0.3, 0.4) is 0 Å². The topological polar surface area (TPSA) is 44.8 Å². The average Bonchev–Trinajstić information content (AvgIpc) is 3.07. The van der Waals surface area contributed by atoms with E-state index < -0.39 is 11.9 Å². The predicted octanol–water partition coefficient (Wildman–Crippen LogP) is 2.59. The van der Waals surface area contributed by atoms with E-state index in [2.05, 4.69) is 0 Å². The summed E-state index contributed by atoms with van der Waals surface area (Å²) < 4.78 is 16.9. The van der Waals surface area contributed by atoms with Gasteiger partial charge in [0.25, 0.3) is 0 Å². The van der Waals surface area contributed by atoms with E-state index in [4.69, 9.17) is 14.2 Å². The Morgan fingerprint density at radius 2 is 1.89 bits per heavy atom. The molecule has 4 heteroatoms. The molecular weight excluding hydrogens is 244 g/mol. The van der Waals surface area contributed by atoms with E-state index in [0.29, 0.717) is 0 Å². The quantitative estimate of drug-likeness (QED) is 0.768. The monoisotopic (exact) mass is 262 g/mol. The molecule has 0 unspecified atom stereocenters. The molecule has 2 atom stereocenters. The summed E-state index contributed by atoms with van der Waals surface area (Å²) in [5, 5.41) is 0. The Hall–Kier alpha value is -1.39. The number of ether oxygens (including phenoxy) is 3. The van der Waals surface area contributed by atoms with E-state index in [1.807, 2.05) is 30.3 Å². The van der Waals surface area contributed by atoms with Crippen molar-refractivity contribution in [3.05, 3.63) is 35.9 Å². The smallest absolute Gasteiger partial charge is 0.338 e. The first-order chi connectivity index (χ1) is 9.24. The average molecular weight is 262 g/mol. The van der Waals surface area contributed by atoms with Crippen LogP contribution < -0.4 is 0 Å². The first kappa shape index (κ1) is 12.6. The maximum absolute atomic E-state index is 11.9. The highest BCUT2D eigenvalue weighted by Gasteiger charge is 2.52. The van der Waals surface area contributed by atoms with Crippen molar-refractivity contribution in [1.29, 1.82) is 0 Å². The molecule has 1 heterocycles. The molecule has 1 aliphatic carbocycles. The molecule has 0 aromatic heterocycles. The van der Waals surface area contributed by atoms with E-state index in [1.54, 1.807) is 0 Å². The van der Waals surface area contributed by atoms with Crippen LogP contribution in [0.4, 0.5) is 0 Å². The van der Waals surface area contributed by atoms with Crippen molar-refractivity contribution in [3.8, 4) is 0 Å². The zero-order chi connectivity index (χ0) is 13.3. The predicted molar refractivity (Wildman–Crippen MR) is 68.4 cm³/mol. The molecule has 2 fully saturated rings. The number of esters is 1. The van der Waals surface area contributed by atoms with Gasteiger partial charge in [-0.3, -0.25) is 0 Å². The SMILES string of the molecule is COC(=O)[C@H]1OC2(CCCC2)O[C@H]1c1ccccc1. The summed E-state index contributed by atoms with van der Waals surface area (Å²) in [7, 11) is 1.38. The van der Waals surface area contributed by atoms with Gasteiger partial charge in [0.05, 0.1) is 7.11 Å². The highest BCUT2D eigenvalue weighted by atomic mass is 16.8. The summed E-state index contributed by atoms with van der Waals surface area (Å²) in [5.74, 6) is -0.947. The van der Waals surface area contributed by atoms with Gasteiger partial charge in [-0.25, -0.2) is 4.79 Å². The van der Waals surface area contributed by atoms with E-state index in [9.17, 15) is 4.79 Å². The van der Waals surface area contributed by atoms with Crippen LogP contribution in [0.15, 0.2) is 30.3 Å². The van der Waals surface area contributed by atoms with Gasteiger partial charge in [-0.1, -0.05) is 30.3 Å². The molecule has 102 valence electrons. The fourth-order valence-corrected chi connectivity index (χ4v) is 2.94. The maximum atomic E-state index is 11.9. The summed E-state index contributed by atoms with van der Waals surface area (Å²) in [6.07, 6.45) is 2.83. The van der Waals surface area contributed by atoms with Crippen LogP contribution in [-0.4, -0.2) is 25.0 Å². The van der Waals surface area contributed by atoms with E-state index in [-0.39, 0.29) is 12.1 Å². The van der Waals surface area contributed by atoms with Gasteiger partial charge in [-0.05, 0) is 18.4 Å². The lowest BCUT2D eigenvalue weighted by atomic mass is 10.0. The van der Waals surface area contributed by atoms with E-state index in [0.717, 1.165) is 31.2 Å². The number of benzene rings is 1. The molecule has 19 heavy (non-hydrogen) atoms. The molecule has 0 radical (unpaired) electrons. The zero-order valence-electron chi connectivity index (χ0n) is 11.0. The number of carbonyl (C=O) groups is 1. The van der Waals surface area contributed by atoms with E-state index >= 15 is 0 Å². The fourth-order valence-electron chi connectivity index (χ4n) is 2.94. The molecule has 1 spiro atoms. The Balaban J connectivity index is 1.89. The van der Waals surface area contributed by atoms with Crippen LogP contribution >= 0.6 is 0 Å². The highest BCUT2D eigenvalue weighted by molar-refractivity contribution is 5.76. The minimum atomic E-state index is -0.662. The lowest BCUT2D eigenvalue weighted by molar-refractivity contribution is -0.180. The van der Waals surface area contributed by atoms with Crippen LogP contribution in [0.5, 0.6) is 0 Å². The van der Waals surface area contributed by atoms with Gasteiger partial charge in [0.2, 0.25) is 0 Å². The van der Waals surface area contributed by atoms with Crippen LogP contribution in [-0.2, 0) is 19.0 Å². The van der Waals surface area contributed by atoms with Crippen LogP contribution in [0.25, 0.3) is 0 Å². The molecule has 4 nitrogen and oxygen atoms in total. The normalized spacial score (nSPS) is 28.7. The third-order valence-corrected chi connectivity index (χ3v) is 3.89. The Labute approximate surface area is 112 Å². The Morgan fingerprint density at radius 1 is 1.21 bits per heavy atom. The molecule has 3 rings (SSSR count). The first-order valence-electron chi connectivity index (χ1n) is 6.72. The van der Waals surface area contributed by atoms with Gasteiger partial charge in [0, 0.05) is 12.8 Å². The Bertz CT molecular complexity index is 450. The molecule has 1 aliphatic heterocycles. The lowest BCUT2D eigenvalue weighted by Gasteiger charge is -2.21. The van der Waals surface area contributed by atoms with Crippen molar-refractivity contribution >= 4 is 5.97 Å². The summed E-state index contributed by atoms with van der Waals surface area (Å²) >= 11 is 0. The molecule has 1 saturated heterocycles. The minimum Gasteiger partial charge on any atom is -0.467 e. The number of carbonyl (C=O) groups excluding carboxylic acids is 1. The third kappa shape index (κ3) is 2.26. The second kappa shape index (κ2) is 4.94. The highest BCUT2D eigenvalue weighted by Crippen LogP contribution is 2.47. The van der Waals surface area contributed by atoms with Gasteiger partial charge in [0.15, 0.2) is 11.9 Å². The number of rotatable bonds is 2. The molecular formula is C15H18O4. The summed E-state index contributed by atoms with van der Waals surface area (Å²) in [5.41, 5.74) is 0.960. The Kier molecular flexibility index (Phi) is 3.29. The zero-order valence-corrected chi connectivity index (χ0v) is 11.0. The summed E-state index contributed by atoms with van der Waals surface area (Å²) in [6, 6.07) is 9.73. The second-order valence-electron chi connectivity index (χ2n) is 5.13.